The largest absolute Gasteiger partial charge is 0.306 e. The van der Waals surface area contributed by atoms with Gasteiger partial charge in [-0.25, -0.2) is 4.68 Å². The minimum Gasteiger partial charge on any atom is -0.306 e. The van der Waals surface area contributed by atoms with E-state index in [0.29, 0.717) is 5.92 Å². The lowest BCUT2D eigenvalue weighted by molar-refractivity contribution is 0.358. The van der Waals surface area contributed by atoms with Gasteiger partial charge < -0.3 is 4.90 Å². The molecule has 2 fully saturated rings. The van der Waals surface area contributed by atoms with E-state index in [1.165, 1.54) is 13.1 Å². The topological polar surface area (TPSA) is 46.8 Å². The highest BCUT2D eigenvalue weighted by Crippen LogP contribution is 2.56. The Morgan fingerprint density at radius 2 is 1.92 bits per heavy atom. The monoisotopic (exact) mass is 179 g/mol. The summed E-state index contributed by atoms with van der Waals surface area (Å²) in [5.74, 6) is 3.34. The Balaban J connectivity index is 1.82. The predicted octanol–water partition coefficient (Wildman–Crippen LogP) is -0.515. The van der Waals surface area contributed by atoms with Crippen LogP contribution in [0.3, 0.4) is 0 Å². The molecule has 2 aliphatic rings. The van der Waals surface area contributed by atoms with Gasteiger partial charge in [0.05, 0.1) is 0 Å². The molecule has 13 heavy (non-hydrogen) atoms. The molecule has 5 nitrogen and oxygen atoms in total. The summed E-state index contributed by atoms with van der Waals surface area (Å²) in [6, 6.07) is 0. The Morgan fingerprint density at radius 1 is 1.23 bits per heavy atom. The number of hydrogen-bond donors (Lipinski definition) is 0. The second kappa shape index (κ2) is 2.29. The number of nitrogens with zero attached hydrogens (tertiary/aromatic N) is 5. The second-order valence-corrected chi connectivity index (χ2v) is 4.24. The molecule has 0 spiro atoms. The fourth-order valence-electron chi connectivity index (χ4n) is 2.64. The van der Waals surface area contributed by atoms with E-state index >= 15 is 0 Å². The molecule has 1 saturated heterocycles. The molecule has 3 atom stereocenters. The van der Waals surface area contributed by atoms with Gasteiger partial charge in [-0.2, -0.15) is 0 Å². The van der Waals surface area contributed by atoms with Gasteiger partial charge in [0.2, 0.25) is 0 Å². The van der Waals surface area contributed by atoms with Crippen LogP contribution < -0.4 is 0 Å². The third-order valence-corrected chi connectivity index (χ3v) is 3.33. The van der Waals surface area contributed by atoms with Gasteiger partial charge in [-0.3, -0.25) is 0 Å². The van der Waals surface area contributed by atoms with Gasteiger partial charge >= 0.3 is 0 Å². The number of hydrogen-bond acceptors (Lipinski definition) is 4. The summed E-state index contributed by atoms with van der Waals surface area (Å²) in [5.41, 5.74) is 0. The molecular weight excluding hydrogens is 166 g/mol. The van der Waals surface area contributed by atoms with Gasteiger partial charge in [0, 0.05) is 26.1 Å². The van der Waals surface area contributed by atoms with E-state index in [0.717, 1.165) is 17.7 Å². The van der Waals surface area contributed by atoms with Crippen LogP contribution >= 0.6 is 0 Å². The summed E-state index contributed by atoms with van der Waals surface area (Å²) in [4.78, 5) is 2.38. The number of piperidine rings is 1. The molecule has 70 valence electrons. The van der Waals surface area contributed by atoms with Gasteiger partial charge in [0.15, 0.2) is 5.82 Å². The SMILES string of the molecule is CN1CC2C(c3nnnn3C)[C@@H]2C1. The summed E-state index contributed by atoms with van der Waals surface area (Å²) in [6.07, 6.45) is 0. The van der Waals surface area contributed by atoms with Crippen LogP contribution in [0.25, 0.3) is 0 Å². The Kier molecular flexibility index (Phi) is 1.31. The minimum absolute atomic E-state index is 0.635. The summed E-state index contributed by atoms with van der Waals surface area (Å²) >= 11 is 0. The molecule has 3 rings (SSSR count). The van der Waals surface area contributed by atoms with Crippen molar-refractivity contribution >= 4 is 0 Å². The summed E-state index contributed by atoms with van der Waals surface area (Å²) < 4.78 is 1.81. The lowest BCUT2D eigenvalue weighted by Crippen LogP contribution is -2.19. The van der Waals surface area contributed by atoms with Crippen LogP contribution in [0.5, 0.6) is 0 Å². The van der Waals surface area contributed by atoms with Crippen molar-refractivity contribution in [3.8, 4) is 0 Å². The zero-order valence-electron chi connectivity index (χ0n) is 7.88. The van der Waals surface area contributed by atoms with Crippen molar-refractivity contribution in [2.24, 2.45) is 18.9 Å². The molecule has 1 aromatic rings. The first-order valence-electron chi connectivity index (χ1n) is 4.68. The molecule has 0 amide bonds. The van der Waals surface area contributed by atoms with Gasteiger partial charge in [0.25, 0.3) is 0 Å². The first kappa shape index (κ1) is 7.44. The lowest BCUT2D eigenvalue weighted by Gasteiger charge is -2.11. The molecule has 0 bridgehead atoms. The third-order valence-electron chi connectivity index (χ3n) is 3.33. The molecular formula is C8H13N5. The molecule has 1 saturated carbocycles. The van der Waals surface area contributed by atoms with Crippen molar-refractivity contribution < 1.29 is 0 Å². The van der Waals surface area contributed by atoms with Crippen LogP contribution in [-0.4, -0.2) is 45.2 Å². The van der Waals surface area contributed by atoms with Crippen LogP contribution in [0.15, 0.2) is 0 Å². The first-order valence-corrected chi connectivity index (χ1v) is 4.68. The van der Waals surface area contributed by atoms with E-state index in [1.54, 1.807) is 0 Å². The average Bonchev–Trinajstić information content (AvgIpc) is 2.50. The van der Waals surface area contributed by atoms with Crippen LogP contribution in [0.2, 0.25) is 0 Å². The van der Waals surface area contributed by atoms with Crippen molar-refractivity contribution in [1.29, 1.82) is 0 Å². The molecule has 5 heteroatoms. The molecule has 1 aromatic heterocycles. The zero-order valence-corrected chi connectivity index (χ0v) is 7.88. The van der Waals surface area contributed by atoms with Gasteiger partial charge in [0.1, 0.15) is 0 Å². The Hall–Kier alpha value is -0.970. The maximum Gasteiger partial charge on any atom is 0.154 e. The highest BCUT2D eigenvalue weighted by molar-refractivity contribution is 5.18. The highest BCUT2D eigenvalue weighted by Gasteiger charge is 2.57. The van der Waals surface area contributed by atoms with E-state index in [4.69, 9.17) is 0 Å². The van der Waals surface area contributed by atoms with E-state index < -0.39 is 0 Å². The number of likely N-dealkylation sites (tertiary alicyclic amines) is 1. The molecule has 0 radical (unpaired) electrons. The van der Waals surface area contributed by atoms with E-state index in [9.17, 15) is 0 Å². The number of fused-ring (bicyclic) bond motifs is 1. The van der Waals surface area contributed by atoms with Gasteiger partial charge in [-0.15, -0.1) is 5.10 Å². The van der Waals surface area contributed by atoms with Crippen LogP contribution in [-0.2, 0) is 7.05 Å². The van der Waals surface area contributed by atoms with Crippen molar-refractivity contribution in [3.63, 3.8) is 0 Å². The van der Waals surface area contributed by atoms with Gasteiger partial charge in [-0.05, 0) is 29.3 Å². The van der Waals surface area contributed by atoms with Crippen molar-refractivity contribution in [2.75, 3.05) is 20.1 Å². The number of aryl methyl sites for hydroxylation is 1. The molecule has 2 heterocycles. The van der Waals surface area contributed by atoms with Crippen LogP contribution in [0, 0.1) is 11.8 Å². The molecule has 1 aliphatic heterocycles. The standard InChI is InChI=1S/C8H13N5/c1-12-3-5-6(4-12)7(5)8-9-10-11-13(8)2/h5-7H,3-4H2,1-2H3/t5-,6?,7?/m1/s1. The van der Waals surface area contributed by atoms with E-state index in [1.807, 2.05) is 11.7 Å². The molecule has 0 aromatic carbocycles. The second-order valence-electron chi connectivity index (χ2n) is 4.24. The maximum atomic E-state index is 4.07. The Morgan fingerprint density at radius 3 is 2.46 bits per heavy atom. The first-order chi connectivity index (χ1) is 6.27. The van der Waals surface area contributed by atoms with Crippen molar-refractivity contribution in [3.05, 3.63) is 5.82 Å². The number of tetrazole rings is 1. The molecule has 1 aliphatic carbocycles. The minimum atomic E-state index is 0.635. The number of aromatic nitrogens is 4. The summed E-state index contributed by atoms with van der Waals surface area (Å²) in [6.45, 7) is 2.42. The number of rotatable bonds is 1. The Labute approximate surface area is 76.7 Å². The smallest absolute Gasteiger partial charge is 0.154 e. The van der Waals surface area contributed by atoms with Crippen molar-refractivity contribution in [1.82, 2.24) is 25.1 Å². The summed E-state index contributed by atoms with van der Waals surface area (Å²) in [5, 5.41) is 11.6. The summed E-state index contributed by atoms with van der Waals surface area (Å²) in [7, 11) is 4.10. The predicted molar refractivity (Wildman–Crippen MR) is 46.0 cm³/mol. The van der Waals surface area contributed by atoms with Crippen LogP contribution in [0.4, 0.5) is 0 Å². The van der Waals surface area contributed by atoms with Crippen molar-refractivity contribution in [2.45, 2.75) is 5.92 Å². The van der Waals surface area contributed by atoms with Crippen LogP contribution in [0.1, 0.15) is 11.7 Å². The van der Waals surface area contributed by atoms with Gasteiger partial charge in [-0.1, -0.05) is 0 Å². The van der Waals surface area contributed by atoms with E-state index in [-0.39, 0.29) is 0 Å². The lowest BCUT2D eigenvalue weighted by atomic mass is 10.2. The maximum absolute atomic E-state index is 4.07. The average molecular weight is 179 g/mol. The highest BCUT2D eigenvalue weighted by atomic mass is 15.5. The van der Waals surface area contributed by atoms with E-state index in [2.05, 4.69) is 27.5 Å². The fourth-order valence-corrected chi connectivity index (χ4v) is 2.64. The fraction of sp³-hybridized carbons (Fsp3) is 0.875. The normalized spacial score (nSPS) is 37.8. The molecule has 2 unspecified atom stereocenters. The quantitative estimate of drug-likeness (QED) is 0.582. The third kappa shape index (κ3) is 0.934. The molecule has 0 N–H and O–H groups in total. The zero-order chi connectivity index (χ0) is 9.00. The Bertz CT molecular complexity index is 321.